The predicted octanol–water partition coefficient (Wildman–Crippen LogP) is 3.15. The van der Waals surface area contributed by atoms with Crippen molar-refractivity contribution in [3.05, 3.63) is 65.5 Å². The molecule has 1 fully saturated rings. The van der Waals surface area contributed by atoms with Crippen LogP contribution in [0.15, 0.2) is 57.9 Å². The first kappa shape index (κ1) is 21.2. The van der Waals surface area contributed by atoms with Crippen LogP contribution in [0, 0.1) is 6.92 Å². The van der Waals surface area contributed by atoms with Crippen LogP contribution < -0.4 is 5.32 Å². The Morgan fingerprint density at radius 1 is 1.10 bits per heavy atom. The number of piperidine rings is 1. The minimum absolute atomic E-state index is 0.0424. The number of carbonyl (C=O) groups is 1. The van der Waals surface area contributed by atoms with Crippen molar-refractivity contribution < 1.29 is 17.7 Å². The highest BCUT2D eigenvalue weighted by molar-refractivity contribution is 7.89. The summed E-state index contributed by atoms with van der Waals surface area (Å²) >= 11 is 0. The largest absolute Gasteiger partial charge is 0.343 e. The van der Waals surface area contributed by atoms with Crippen molar-refractivity contribution in [3.8, 4) is 11.4 Å². The number of nitrogens with one attached hydrogen (secondary N) is 1. The molecule has 8 nitrogen and oxygen atoms in total. The molecule has 0 atom stereocenters. The molecule has 0 bridgehead atoms. The van der Waals surface area contributed by atoms with Crippen molar-refractivity contribution in [3.63, 3.8) is 0 Å². The van der Waals surface area contributed by atoms with Crippen molar-refractivity contribution in [1.29, 1.82) is 0 Å². The number of hydrogen-bond acceptors (Lipinski definition) is 6. The maximum Gasteiger partial charge on any atom is 0.251 e. The van der Waals surface area contributed by atoms with E-state index in [2.05, 4.69) is 15.5 Å². The Morgan fingerprint density at radius 2 is 1.84 bits per heavy atom. The number of benzene rings is 2. The summed E-state index contributed by atoms with van der Waals surface area (Å²) in [5.41, 5.74) is 1.70. The van der Waals surface area contributed by atoms with E-state index in [1.807, 2.05) is 30.3 Å². The zero-order valence-electron chi connectivity index (χ0n) is 17.2. The molecule has 0 saturated carbocycles. The number of amides is 1. The highest BCUT2D eigenvalue weighted by Gasteiger charge is 2.28. The van der Waals surface area contributed by atoms with Crippen LogP contribution in [0.2, 0.25) is 0 Å². The second-order valence-electron chi connectivity index (χ2n) is 7.51. The Balaban J connectivity index is 1.47. The molecule has 0 spiro atoms. The molecule has 1 N–H and O–H groups in total. The smallest absolute Gasteiger partial charge is 0.251 e. The van der Waals surface area contributed by atoms with Crippen LogP contribution in [-0.2, 0) is 16.6 Å². The predicted molar refractivity (Wildman–Crippen MR) is 115 cm³/mol. The van der Waals surface area contributed by atoms with E-state index in [0.717, 1.165) is 24.8 Å². The van der Waals surface area contributed by atoms with Gasteiger partial charge >= 0.3 is 0 Å². The fourth-order valence-electron chi connectivity index (χ4n) is 3.55. The SMILES string of the molecule is Cc1ccc(C(=O)NCc2nc(-c3ccccc3)no2)cc1S(=O)(=O)N1CCCCC1. The molecule has 9 heteroatoms. The van der Waals surface area contributed by atoms with E-state index >= 15 is 0 Å². The molecule has 162 valence electrons. The molecule has 3 aromatic rings. The van der Waals surface area contributed by atoms with Gasteiger partial charge in [-0.05, 0) is 37.5 Å². The summed E-state index contributed by atoms with van der Waals surface area (Å²) in [5.74, 6) is 0.296. The summed E-state index contributed by atoms with van der Waals surface area (Å²) in [6.07, 6.45) is 2.75. The van der Waals surface area contributed by atoms with Crippen molar-refractivity contribution in [1.82, 2.24) is 19.8 Å². The molecular weight excluding hydrogens is 416 g/mol. The summed E-state index contributed by atoms with van der Waals surface area (Å²) < 4.78 is 32.8. The number of aromatic nitrogens is 2. The van der Waals surface area contributed by atoms with E-state index in [4.69, 9.17) is 4.52 Å². The van der Waals surface area contributed by atoms with Gasteiger partial charge in [0.25, 0.3) is 5.91 Å². The summed E-state index contributed by atoms with van der Waals surface area (Å²) in [7, 11) is -3.63. The van der Waals surface area contributed by atoms with Crippen LogP contribution in [0.25, 0.3) is 11.4 Å². The molecule has 1 aliphatic heterocycles. The highest BCUT2D eigenvalue weighted by Crippen LogP contribution is 2.24. The molecule has 0 aliphatic carbocycles. The number of hydrogen-bond donors (Lipinski definition) is 1. The zero-order chi connectivity index (χ0) is 21.8. The molecule has 4 rings (SSSR count). The number of sulfonamides is 1. The molecule has 0 unspecified atom stereocenters. The quantitative estimate of drug-likeness (QED) is 0.631. The van der Waals surface area contributed by atoms with Crippen LogP contribution >= 0.6 is 0 Å². The topological polar surface area (TPSA) is 105 Å². The Labute approximate surface area is 181 Å². The maximum absolute atomic E-state index is 13.1. The van der Waals surface area contributed by atoms with Crippen molar-refractivity contribution in [2.75, 3.05) is 13.1 Å². The van der Waals surface area contributed by atoms with Gasteiger partial charge in [0.1, 0.15) is 0 Å². The van der Waals surface area contributed by atoms with Crippen LogP contribution in [-0.4, -0.2) is 41.9 Å². The molecule has 2 heterocycles. The third kappa shape index (κ3) is 4.67. The van der Waals surface area contributed by atoms with Gasteiger partial charge in [-0.25, -0.2) is 8.42 Å². The molecule has 2 aromatic carbocycles. The summed E-state index contributed by atoms with van der Waals surface area (Å²) in [4.78, 5) is 17.1. The normalized spacial score (nSPS) is 15.0. The third-order valence-electron chi connectivity index (χ3n) is 5.28. The third-order valence-corrected chi connectivity index (χ3v) is 7.32. The monoisotopic (exact) mass is 440 g/mol. The number of carbonyl (C=O) groups excluding carboxylic acids is 1. The molecule has 1 saturated heterocycles. The fourth-order valence-corrected chi connectivity index (χ4v) is 5.32. The van der Waals surface area contributed by atoms with Crippen LogP contribution in [0.3, 0.4) is 0 Å². The van der Waals surface area contributed by atoms with Crippen molar-refractivity contribution in [2.45, 2.75) is 37.6 Å². The average molecular weight is 441 g/mol. The van der Waals surface area contributed by atoms with Gasteiger partial charge in [-0.1, -0.05) is 48.0 Å². The summed E-state index contributed by atoms with van der Waals surface area (Å²) in [6, 6.07) is 14.1. The summed E-state index contributed by atoms with van der Waals surface area (Å²) in [5, 5.41) is 6.64. The minimum atomic E-state index is -3.63. The van der Waals surface area contributed by atoms with E-state index in [1.165, 1.54) is 10.4 Å². The van der Waals surface area contributed by atoms with Gasteiger partial charge in [-0.3, -0.25) is 4.79 Å². The minimum Gasteiger partial charge on any atom is -0.343 e. The lowest BCUT2D eigenvalue weighted by Crippen LogP contribution is -2.36. The van der Waals surface area contributed by atoms with Gasteiger partial charge in [0, 0.05) is 24.2 Å². The Bertz CT molecular complexity index is 1170. The Morgan fingerprint density at radius 3 is 2.58 bits per heavy atom. The standard InChI is InChI=1S/C22H24N4O4S/c1-16-10-11-18(14-19(16)31(28,29)26-12-6-3-7-13-26)22(27)23-15-20-24-21(25-30-20)17-8-4-2-5-9-17/h2,4-5,8-11,14H,3,6-7,12-13,15H2,1H3,(H,23,27). The van der Waals surface area contributed by atoms with Crippen LogP contribution in [0.4, 0.5) is 0 Å². The van der Waals surface area contributed by atoms with Gasteiger partial charge < -0.3 is 9.84 Å². The van der Waals surface area contributed by atoms with Gasteiger partial charge in [0.05, 0.1) is 11.4 Å². The van der Waals surface area contributed by atoms with Crippen molar-refractivity contribution >= 4 is 15.9 Å². The number of rotatable bonds is 6. The molecular formula is C22H24N4O4S. The first-order chi connectivity index (χ1) is 14.9. The zero-order valence-corrected chi connectivity index (χ0v) is 18.1. The van der Waals surface area contributed by atoms with Crippen LogP contribution in [0.1, 0.15) is 41.1 Å². The lowest BCUT2D eigenvalue weighted by molar-refractivity contribution is 0.0946. The molecule has 1 aromatic heterocycles. The molecule has 0 radical (unpaired) electrons. The van der Waals surface area contributed by atoms with E-state index in [9.17, 15) is 13.2 Å². The fraction of sp³-hybridized carbons (Fsp3) is 0.318. The maximum atomic E-state index is 13.1. The van der Waals surface area contributed by atoms with E-state index in [0.29, 0.717) is 24.5 Å². The number of nitrogens with zero attached hydrogens (tertiary/aromatic N) is 3. The van der Waals surface area contributed by atoms with Gasteiger partial charge in [-0.15, -0.1) is 0 Å². The van der Waals surface area contributed by atoms with E-state index < -0.39 is 15.9 Å². The molecule has 31 heavy (non-hydrogen) atoms. The highest BCUT2D eigenvalue weighted by atomic mass is 32.2. The lowest BCUT2D eigenvalue weighted by atomic mass is 10.1. The first-order valence-electron chi connectivity index (χ1n) is 10.2. The number of aryl methyl sites for hydroxylation is 1. The van der Waals surface area contributed by atoms with Crippen LogP contribution in [0.5, 0.6) is 0 Å². The van der Waals surface area contributed by atoms with Gasteiger partial charge in [0.15, 0.2) is 0 Å². The average Bonchev–Trinajstić information content (AvgIpc) is 3.28. The lowest BCUT2D eigenvalue weighted by Gasteiger charge is -2.26. The van der Waals surface area contributed by atoms with Gasteiger partial charge in [-0.2, -0.15) is 9.29 Å². The molecule has 1 aliphatic rings. The van der Waals surface area contributed by atoms with Crippen molar-refractivity contribution in [2.24, 2.45) is 0 Å². The summed E-state index contributed by atoms with van der Waals surface area (Å²) in [6.45, 7) is 2.81. The Kier molecular flexibility index (Phi) is 6.15. The second kappa shape index (κ2) is 8.99. The molecule has 1 amide bonds. The van der Waals surface area contributed by atoms with E-state index in [1.54, 1.807) is 19.1 Å². The Hall–Kier alpha value is -3.04. The first-order valence-corrected chi connectivity index (χ1v) is 11.7. The second-order valence-corrected chi connectivity index (χ2v) is 9.41. The van der Waals surface area contributed by atoms with E-state index in [-0.39, 0.29) is 22.9 Å². The van der Waals surface area contributed by atoms with Gasteiger partial charge in [0.2, 0.25) is 21.7 Å².